The van der Waals surface area contributed by atoms with Crippen LogP contribution >= 0.6 is 11.3 Å². The van der Waals surface area contributed by atoms with Crippen LogP contribution in [0.15, 0.2) is 24.3 Å². The van der Waals surface area contributed by atoms with Gasteiger partial charge in [-0.2, -0.15) is 0 Å². The molecule has 2 N–H and O–H groups in total. The zero-order chi connectivity index (χ0) is 16.1. The van der Waals surface area contributed by atoms with Gasteiger partial charge in [0.2, 0.25) is 0 Å². The van der Waals surface area contributed by atoms with Gasteiger partial charge < -0.3 is 10.2 Å². The predicted octanol–water partition coefficient (Wildman–Crippen LogP) is 3.33. The van der Waals surface area contributed by atoms with E-state index >= 15 is 0 Å². The molecule has 4 nitrogen and oxygen atoms in total. The fraction of sp³-hybridized carbons (Fsp3) is 0.500. The minimum atomic E-state index is -0.835. The summed E-state index contributed by atoms with van der Waals surface area (Å²) in [6.45, 7) is 2.80. The molecule has 1 aromatic heterocycles. The lowest BCUT2D eigenvalue weighted by molar-refractivity contribution is -0.0147. The second-order valence-corrected chi connectivity index (χ2v) is 7.90. The van der Waals surface area contributed by atoms with E-state index in [1.807, 2.05) is 24.3 Å². The number of thiophene rings is 1. The van der Waals surface area contributed by atoms with Gasteiger partial charge in [0.05, 0.1) is 6.10 Å². The van der Waals surface area contributed by atoms with Crippen LogP contribution in [-0.4, -0.2) is 39.3 Å². The Kier molecular flexibility index (Phi) is 3.67. The second kappa shape index (κ2) is 5.58. The summed E-state index contributed by atoms with van der Waals surface area (Å²) in [7, 11) is 0. The molecule has 2 saturated heterocycles. The third kappa shape index (κ3) is 2.38. The van der Waals surface area contributed by atoms with E-state index in [4.69, 9.17) is 0 Å². The summed E-state index contributed by atoms with van der Waals surface area (Å²) in [6.07, 6.45) is 2.80. The van der Waals surface area contributed by atoms with Gasteiger partial charge in [0.1, 0.15) is 4.88 Å². The number of hydrogen-bond donors (Lipinski definition) is 2. The Morgan fingerprint density at radius 2 is 2.13 bits per heavy atom. The molecule has 2 bridgehead atoms. The van der Waals surface area contributed by atoms with Crippen LogP contribution < -0.4 is 0 Å². The number of carboxylic acid groups (broad SMARTS) is 1. The summed E-state index contributed by atoms with van der Waals surface area (Å²) in [6, 6.07) is 8.69. The van der Waals surface area contributed by atoms with Gasteiger partial charge in [0, 0.05) is 23.3 Å². The fourth-order valence-corrected chi connectivity index (χ4v) is 5.44. The Hall–Kier alpha value is -1.43. The molecule has 2 fully saturated rings. The summed E-state index contributed by atoms with van der Waals surface area (Å²) in [5, 5.41) is 20.9. The average molecular weight is 331 g/mol. The van der Waals surface area contributed by atoms with Crippen molar-refractivity contribution in [2.24, 2.45) is 5.92 Å². The second-order valence-electron chi connectivity index (χ2n) is 6.84. The first-order chi connectivity index (χ1) is 11.1. The van der Waals surface area contributed by atoms with Crippen LogP contribution in [0.3, 0.4) is 0 Å². The number of rotatable bonds is 3. The largest absolute Gasteiger partial charge is 0.477 e. The lowest BCUT2D eigenvalue weighted by atomic mass is 9.88. The Bertz CT molecular complexity index is 756. The lowest BCUT2D eigenvalue weighted by Gasteiger charge is -2.41. The Morgan fingerprint density at radius 3 is 2.91 bits per heavy atom. The molecule has 5 heteroatoms. The van der Waals surface area contributed by atoms with Crippen molar-refractivity contribution in [2.75, 3.05) is 0 Å². The fourth-order valence-electron chi connectivity index (χ4n) is 4.39. The Balaban J connectivity index is 1.73. The zero-order valence-corrected chi connectivity index (χ0v) is 13.9. The highest BCUT2D eigenvalue weighted by Crippen LogP contribution is 2.42. The van der Waals surface area contributed by atoms with Crippen molar-refractivity contribution in [2.45, 2.75) is 50.9 Å². The van der Waals surface area contributed by atoms with Gasteiger partial charge in [-0.3, -0.25) is 4.90 Å². The maximum absolute atomic E-state index is 11.7. The van der Waals surface area contributed by atoms with Gasteiger partial charge in [0.15, 0.2) is 0 Å². The van der Waals surface area contributed by atoms with Crippen molar-refractivity contribution < 1.29 is 15.0 Å². The van der Waals surface area contributed by atoms with E-state index < -0.39 is 5.97 Å². The van der Waals surface area contributed by atoms with Crippen LogP contribution in [0.4, 0.5) is 0 Å². The van der Waals surface area contributed by atoms with Crippen molar-refractivity contribution in [3.8, 4) is 0 Å². The van der Waals surface area contributed by atoms with Crippen LogP contribution in [0.5, 0.6) is 0 Å². The first-order valence-electron chi connectivity index (χ1n) is 8.23. The molecule has 0 amide bonds. The summed E-state index contributed by atoms with van der Waals surface area (Å²) in [4.78, 5) is 14.6. The molecule has 0 saturated carbocycles. The Labute approximate surface area is 139 Å². The van der Waals surface area contributed by atoms with Crippen LogP contribution in [0.2, 0.25) is 0 Å². The maximum Gasteiger partial charge on any atom is 0.346 e. The Morgan fingerprint density at radius 1 is 1.35 bits per heavy atom. The molecule has 0 aliphatic carbocycles. The summed E-state index contributed by atoms with van der Waals surface area (Å²) >= 11 is 1.37. The zero-order valence-electron chi connectivity index (χ0n) is 13.1. The maximum atomic E-state index is 11.7. The van der Waals surface area contributed by atoms with Gasteiger partial charge in [-0.15, -0.1) is 11.3 Å². The van der Waals surface area contributed by atoms with Gasteiger partial charge in [0.25, 0.3) is 0 Å². The monoisotopic (exact) mass is 331 g/mol. The number of nitrogens with zero attached hydrogens (tertiary/aromatic N) is 1. The highest BCUT2D eigenvalue weighted by molar-refractivity contribution is 7.21. The molecular weight excluding hydrogens is 310 g/mol. The summed E-state index contributed by atoms with van der Waals surface area (Å²) in [5.74, 6) is -0.578. The number of fused-ring (bicyclic) bond motifs is 3. The van der Waals surface area contributed by atoms with Crippen LogP contribution in [0, 0.1) is 5.92 Å². The molecule has 3 heterocycles. The molecule has 2 aliphatic rings. The van der Waals surface area contributed by atoms with E-state index in [1.165, 1.54) is 11.3 Å². The number of aromatic carboxylic acids is 1. The SMILES string of the molecule is CC1C(O)CC2CCC1N2Cc1c(C(=O)O)sc2ccccc12. The van der Waals surface area contributed by atoms with Crippen molar-refractivity contribution in [3.05, 3.63) is 34.7 Å². The molecule has 23 heavy (non-hydrogen) atoms. The third-order valence-corrected chi connectivity index (χ3v) is 6.85. The van der Waals surface area contributed by atoms with E-state index in [0.29, 0.717) is 23.5 Å². The average Bonchev–Trinajstić information content (AvgIpc) is 3.05. The normalized spacial score (nSPS) is 30.9. The van der Waals surface area contributed by atoms with E-state index in [9.17, 15) is 15.0 Å². The highest BCUT2D eigenvalue weighted by atomic mass is 32.1. The quantitative estimate of drug-likeness (QED) is 0.906. The smallest absolute Gasteiger partial charge is 0.346 e. The van der Waals surface area contributed by atoms with Crippen molar-refractivity contribution in [3.63, 3.8) is 0 Å². The minimum Gasteiger partial charge on any atom is -0.477 e. The molecule has 0 spiro atoms. The van der Waals surface area contributed by atoms with E-state index in [0.717, 1.165) is 34.9 Å². The van der Waals surface area contributed by atoms with Gasteiger partial charge in [-0.25, -0.2) is 4.79 Å². The first-order valence-corrected chi connectivity index (χ1v) is 9.05. The highest BCUT2D eigenvalue weighted by Gasteiger charge is 2.45. The summed E-state index contributed by atoms with van der Waals surface area (Å²) < 4.78 is 1.04. The molecule has 122 valence electrons. The van der Waals surface area contributed by atoms with Crippen LogP contribution in [0.1, 0.15) is 41.4 Å². The third-order valence-electron chi connectivity index (χ3n) is 5.65. The molecular formula is C18H21NO3S. The number of piperidine rings is 1. The molecule has 0 radical (unpaired) electrons. The first kappa shape index (κ1) is 15.1. The topological polar surface area (TPSA) is 60.8 Å². The summed E-state index contributed by atoms with van der Waals surface area (Å²) in [5.41, 5.74) is 0.943. The van der Waals surface area contributed by atoms with Crippen LogP contribution in [-0.2, 0) is 6.54 Å². The van der Waals surface area contributed by atoms with E-state index in [1.54, 1.807) is 0 Å². The standard InChI is InChI=1S/C18H21NO3S/c1-10-14-7-6-11(8-15(10)20)19(14)9-13-12-4-2-3-5-16(12)23-17(13)18(21)22/h2-5,10-11,14-15,20H,6-9H2,1H3,(H,21,22). The van der Waals surface area contributed by atoms with E-state index in [2.05, 4.69) is 11.8 Å². The van der Waals surface area contributed by atoms with Gasteiger partial charge >= 0.3 is 5.97 Å². The number of hydrogen-bond acceptors (Lipinski definition) is 4. The lowest BCUT2D eigenvalue weighted by Crippen LogP contribution is -2.49. The predicted molar refractivity (Wildman–Crippen MR) is 90.9 cm³/mol. The van der Waals surface area contributed by atoms with E-state index in [-0.39, 0.29) is 12.0 Å². The van der Waals surface area contributed by atoms with Crippen molar-refractivity contribution in [1.29, 1.82) is 0 Å². The molecule has 4 unspecified atom stereocenters. The van der Waals surface area contributed by atoms with Gasteiger partial charge in [-0.05, 0) is 42.2 Å². The number of benzene rings is 1. The van der Waals surface area contributed by atoms with Crippen molar-refractivity contribution in [1.82, 2.24) is 4.90 Å². The number of carboxylic acids is 1. The van der Waals surface area contributed by atoms with Gasteiger partial charge in [-0.1, -0.05) is 25.1 Å². The van der Waals surface area contributed by atoms with Crippen LogP contribution in [0.25, 0.3) is 10.1 Å². The molecule has 1 aromatic carbocycles. The molecule has 2 aliphatic heterocycles. The molecule has 2 aromatic rings. The van der Waals surface area contributed by atoms with Crippen molar-refractivity contribution >= 4 is 27.4 Å². The number of carbonyl (C=O) groups is 1. The number of aliphatic hydroxyl groups excluding tert-OH is 1. The molecule has 4 atom stereocenters. The molecule has 4 rings (SSSR count). The minimum absolute atomic E-state index is 0.220. The number of aliphatic hydroxyl groups is 1.